The zero-order chi connectivity index (χ0) is 16.4. The van der Waals surface area contributed by atoms with E-state index in [9.17, 15) is 4.79 Å². The highest BCUT2D eigenvalue weighted by Gasteiger charge is 2.24. The number of carbonyl (C=O) groups is 1. The molecule has 2 aromatic rings. The Kier molecular flexibility index (Phi) is 5.11. The first kappa shape index (κ1) is 16.6. The molecule has 0 atom stereocenters. The first-order chi connectivity index (χ1) is 11.0. The van der Waals surface area contributed by atoms with E-state index in [2.05, 4.69) is 15.1 Å². The Balaban J connectivity index is 1.58. The molecule has 1 aromatic heterocycles. The number of halogens is 3. The molecule has 0 spiro atoms. The first-order valence-corrected chi connectivity index (χ1v) is 8.32. The van der Waals surface area contributed by atoms with E-state index in [1.165, 1.54) is 6.20 Å². The third kappa shape index (κ3) is 3.80. The van der Waals surface area contributed by atoms with Gasteiger partial charge in [-0.3, -0.25) is 14.8 Å². The lowest BCUT2D eigenvalue weighted by molar-refractivity contribution is 0.0623. The van der Waals surface area contributed by atoms with Gasteiger partial charge in [0, 0.05) is 42.8 Å². The van der Waals surface area contributed by atoms with Gasteiger partial charge in [0.2, 0.25) is 0 Å². The van der Waals surface area contributed by atoms with Gasteiger partial charge in [-0.1, -0.05) is 40.9 Å². The fraction of sp³-hybridized carbons (Fsp3) is 0.333. The molecule has 0 aliphatic carbocycles. The van der Waals surface area contributed by atoms with Crippen molar-refractivity contribution in [1.29, 1.82) is 0 Å². The van der Waals surface area contributed by atoms with Gasteiger partial charge in [-0.25, -0.2) is 0 Å². The monoisotopic (exact) mass is 372 g/mol. The van der Waals surface area contributed by atoms with Crippen LogP contribution >= 0.6 is 34.8 Å². The van der Waals surface area contributed by atoms with E-state index in [0.717, 1.165) is 25.2 Å². The molecular formula is C15H15Cl3N4O. The molecule has 23 heavy (non-hydrogen) atoms. The summed E-state index contributed by atoms with van der Waals surface area (Å²) in [6.07, 6.45) is 1.44. The molecule has 1 saturated heterocycles. The van der Waals surface area contributed by atoms with Crippen molar-refractivity contribution < 1.29 is 4.79 Å². The molecular weight excluding hydrogens is 359 g/mol. The van der Waals surface area contributed by atoms with Crippen LogP contribution in [0.25, 0.3) is 0 Å². The molecule has 1 aromatic carbocycles. The molecule has 8 heteroatoms. The lowest BCUT2D eigenvalue weighted by Crippen LogP contribution is -2.48. The number of H-pyrrole nitrogens is 1. The van der Waals surface area contributed by atoms with Crippen molar-refractivity contribution in [2.75, 3.05) is 26.2 Å². The van der Waals surface area contributed by atoms with Crippen LogP contribution in [0.5, 0.6) is 0 Å². The molecule has 1 N–H and O–H groups in total. The molecule has 1 aliphatic rings. The predicted octanol–water partition coefficient (Wildman–Crippen LogP) is 3.33. The summed E-state index contributed by atoms with van der Waals surface area (Å²) in [4.78, 5) is 16.4. The number of piperazine rings is 1. The van der Waals surface area contributed by atoms with Gasteiger partial charge in [-0.05, 0) is 17.7 Å². The Morgan fingerprint density at radius 1 is 1.13 bits per heavy atom. The summed E-state index contributed by atoms with van der Waals surface area (Å²) in [5.41, 5.74) is 1.38. The van der Waals surface area contributed by atoms with Gasteiger partial charge < -0.3 is 4.90 Å². The number of benzene rings is 1. The number of hydrogen-bond donors (Lipinski definition) is 1. The summed E-state index contributed by atoms with van der Waals surface area (Å²) in [7, 11) is 0. The molecule has 3 rings (SSSR count). The van der Waals surface area contributed by atoms with Crippen LogP contribution in [0.15, 0.2) is 24.4 Å². The number of nitrogens with one attached hydrogen (secondary N) is 1. The fourth-order valence-corrected chi connectivity index (χ4v) is 3.22. The maximum Gasteiger partial charge on any atom is 0.273 e. The van der Waals surface area contributed by atoms with Crippen LogP contribution in [-0.4, -0.2) is 52.1 Å². The van der Waals surface area contributed by atoms with Crippen LogP contribution < -0.4 is 0 Å². The van der Waals surface area contributed by atoms with Gasteiger partial charge in [-0.2, -0.15) is 5.10 Å². The molecule has 0 radical (unpaired) electrons. The van der Waals surface area contributed by atoms with Crippen molar-refractivity contribution in [3.05, 3.63) is 50.7 Å². The molecule has 2 heterocycles. The number of rotatable bonds is 3. The second kappa shape index (κ2) is 7.09. The smallest absolute Gasteiger partial charge is 0.273 e. The van der Waals surface area contributed by atoms with E-state index in [1.54, 1.807) is 11.0 Å². The third-order valence-electron chi connectivity index (χ3n) is 3.88. The van der Waals surface area contributed by atoms with Crippen LogP contribution in [0.2, 0.25) is 15.1 Å². The summed E-state index contributed by atoms with van der Waals surface area (Å²) in [6.45, 7) is 3.56. The molecule has 0 bridgehead atoms. The van der Waals surface area contributed by atoms with E-state index in [-0.39, 0.29) is 5.91 Å². The highest BCUT2D eigenvalue weighted by atomic mass is 35.5. The Labute approximate surface area is 149 Å². The number of hydrogen-bond acceptors (Lipinski definition) is 3. The van der Waals surface area contributed by atoms with E-state index >= 15 is 0 Å². The normalized spacial score (nSPS) is 15.9. The number of aromatic nitrogens is 2. The third-order valence-corrected chi connectivity index (χ3v) is 4.75. The van der Waals surface area contributed by atoms with Crippen molar-refractivity contribution >= 4 is 40.7 Å². The summed E-state index contributed by atoms with van der Waals surface area (Å²) >= 11 is 18.1. The molecule has 0 saturated carbocycles. The van der Waals surface area contributed by atoms with Crippen LogP contribution in [0.1, 0.15) is 16.1 Å². The van der Waals surface area contributed by atoms with Gasteiger partial charge in [0.05, 0.1) is 11.2 Å². The predicted molar refractivity (Wildman–Crippen MR) is 91.2 cm³/mol. The molecule has 1 fully saturated rings. The molecule has 5 nitrogen and oxygen atoms in total. The highest BCUT2D eigenvalue weighted by Crippen LogP contribution is 2.23. The molecule has 0 unspecified atom stereocenters. The topological polar surface area (TPSA) is 52.2 Å². The fourth-order valence-electron chi connectivity index (χ4n) is 2.58. The van der Waals surface area contributed by atoms with Crippen LogP contribution in [0, 0.1) is 0 Å². The van der Waals surface area contributed by atoms with Crippen molar-refractivity contribution in [2.24, 2.45) is 0 Å². The zero-order valence-corrected chi connectivity index (χ0v) is 14.5. The Morgan fingerprint density at radius 2 is 1.87 bits per heavy atom. The summed E-state index contributed by atoms with van der Waals surface area (Å²) in [5.74, 6) is -0.114. The quantitative estimate of drug-likeness (QED) is 0.898. The second-order valence-corrected chi connectivity index (χ2v) is 6.65. The lowest BCUT2D eigenvalue weighted by Gasteiger charge is -2.34. The van der Waals surface area contributed by atoms with Crippen molar-refractivity contribution in [3.63, 3.8) is 0 Å². The largest absolute Gasteiger partial charge is 0.335 e. The van der Waals surface area contributed by atoms with Crippen molar-refractivity contribution in [3.8, 4) is 0 Å². The SMILES string of the molecule is O=C(c1[nH]ncc1Cl)N1CCN(Cc2ccc(Cl)cc2Cl)CC1. The Hall–Kier alpha value is -1.27. The standard InChI is InChI=1S/C15H15Cl3N4O/c16-11-2-1-10(12(17)7-11)9-21-3-5-22(6-4-21)15(23)14-13(18)8-19-20-14/h1-2,7-8H,3-6,9H2,(H,19,20). The minimum atomic E-state index is -0.114. The second-order valence-electron chi connectivity index (χ2n) is 5.40. The Morgan fingerprint density at radius 3 is 2.48 bits per heavy atom. The van der Waals surface area contributed by atoms with E-state index in [1.807, 2.05) is 12.1 Å². The van der Waals surface area contributed by atoms with E-state index in [0.29, 0.717) is 33.9 Å². The maximum absolute atomic E-state index is 12.4. The molecule has 1 aliphatic heterocycles. The van der Waals surface area contributed by atoms with Crippen LogP contribution in [-0.2, 0) is 6.54 Å². The van der Waals surface area contributed by atoms with E-state index in [4.69, 9.17) is 34.8 Å². The van der Waals surface area contributed by atoms with Gasteiger partial charge >= 0.3 is 0 Å². The van der Waals surface area contributed by atoms with E-state index < -0.39 is 0 Å². The number of nitrogens with zero attached hydrogens (tertiary/aromatic N) is 3. The van der Waals surface area contributed by atoms with Gasteiger partial charge in [0.25, 0.3) is 5.91 Å². The van der Waals surface area contributed by atoms with Crippen molar-refractivity contribution in [1.82, 2.24) is 20.0 Å². The van der Waals surface area contributed by atoms with Gasteiger partial charge in [0.15, 0.2) is 0 Å². The maximum atomic E-state index is 12.4. The Bertz CT molecular complexity index is 710. The zero-order valence-electron chi connectivity index (χ0n) is 12.2. The average Bonchev–Trinajstić information content (AvgIpc) is 2.96. The molecule has 122 valence electrons. The van der Waals surface area contributed by atoms with Crippen molar-refractivity contribution in [2.45, 2.75) is 6.54 Å². The summed E-state index contributed by atoms with van der Waals surface area (Å²) < 4.78 is 0. The summed E-state index contributed by atoms with van der Waals surface area (Å²) in [6, 6.07) is 5.52. The van der Waals surface area contributed by atoms with Gasteiger partial charge in [-0.15, -0.1) is 0 Å². The van der Waals surface area contributed by atoms with Gasteiger partial charge in [0.1, 0.15) is 5.69 Å². The number of carbonyl (C=O) groups excluding carboxylic acids is 1. The summed E-state index contributed by atoms with van der Waals surface area (Å²) in [5, 5.41) is 8.08. The minimum Gasteiger partial charge on any atom is -0.335 e. The highest BCUT2D eigenvalue weighted by molar-refractivity contribution is 6.35. The molecule has 1 amide bonds. The number of aromatic amines is 1. The van der Waals surface area contributed by atoms with Crippen LogP contribution in [0.4, 0.5) is 0 Å². The number of amides is 1. The lowest BCUT2D eigenvalue weighted by atomic mass is 10.2. The minimum absolute atomic E-state index is 0.114. The first-order valence-electron chi connectivity index (χ1n) is 7.19. The average molecular weight is 374 g/mol. The van der Waals surface area contributed by atoms with Crippen LogP contribution in [0.3, 0.4) is 0 Å².